The second-order valence-corrected chi connectivity index (χ2v) is 6.94. The molecule has 0 radical (unpaired) electrons. The van der Waals surface area contributed by atoms with Gasteiger partial charge in [-0.05, 0) is 42.9 Å². The summed E-state index contributed by atoms with van der Waals surface area (Å²) in [6, 6.07) is 5.38. The van der Waals surface area contributed by atoms with Gasteiger partial charge in [-0.25, -0.2) is 13.1 Å². The van der Waals surface area contributed by atoms with Gasteiger partial charge in [0.2, 0.25) is 10.0 Å². The molecule has 0 aromatic heterocycles. The fourth-order valence-corrected chi connectivity index (χ4v) is 4.12. The monoisotopic (exact) mass is 282 g/mol. The van der Waals surface area contributed by atoms with Crippen LogP contribution in [0.1, 0.15) is 37.3 Å². The first-order valence-corrected chi connectivity index (χ1v) is 8.28. The lowest BCUT2D eigenvalue weighted by Gasteiger charge is -2.11. The molecule has 3 N–H and O–H groups in total. The van der Waals surface area contributed by atoms with E-state index in [1.54, 1.807) is 12.1 Å². The zero-order valence-electron chi connectivity index (χ0n) is 11.5. The summed E-state index contributed by atoms with van der Waals surface area (Å²) < 4.78 is 27.5. The van der Waals surface area contributed by atoms with Crippen LogP contribution in [0.5, 0.6) is 0 Å². The highest BCUT2D eigenvalue weighted by atomic mass is 32.2. The number of hydrogen-bond donors (Lipinski definition) is 2. The lowest BCUT2D eigenvalue weighted by atomic mass is 10.1. The van der Waals surface area contributed by atoms with Crippen molar-refractivity contribution in [3.8, 4) is 0 Å². The smallest absolute Gasteiger partial charge is 0.241 e. The summed E-state index contributed by atoms with van der Waals surface area (Å²) in [5, 5.41) is 0. The van der Waals surface area contributed by atoms with Gasteiger partial charge in [-0.2, -0.15) is 0 Å². The molecule has 106 valence electrons. The van der Waals surface area contributed by atoms with Gasteiger partial charge in [0.15, 0.2) is 0 Å². The standard InChI is InChI=1S/C14H22N2O2S/c1-3-5-11-8-13(11)16-19(17,18)14-7-4-6-12(9-15)10(14)2/h4,6-7,11,13,16H,3,5,8-9,15H2,1-2H3. The third-order valence-electron chi connectivity index (χ3n) is 3.79. The van der Waals surface area contributed by atoms with Gasteiger partial charge in [-0.15, -0.1) is 0 Å². The van der Waals surface area contributed by atoms with Gasteiger partial charge in [0.05, 0.1) is 4.90 Å². The Morgan fingerprint density at radius 3 is 2.79 bits per heavy atom. The van der Waals surface area contributed by atoms with E-state index in [9.17, 15) is 8.42 Å². The number of sulfonamides is 1. The Labute approximate surface area is 115 Å². The van der Waals surface area contributed by atoms with Crippen molar-refractivity contribution in [2.24, 2.45) is 11.7 Å². The Morgan fingerprint density at radius 2 is 2.16 bits per heavy atom. The normalized spacial score (nSPS) is 22.5. The minimum atomic E-state index is -3.42. The topological polar surface area (TPSA) is 72.2 Å². The number of nitrogens with one attached hydrogen (secondary N) is 1. The molecule has 1 aromatic carbocycles. The fourth-order valence-electron chi connectivity index (χ4n) is 2.52. The van der Waals surface area contributed by atoms with Gasteiger partial charge in [0, 0.05) is 12.6 Å². The zero-order valence-corrected chi connectivity index (χ0v) is 12.3. The summed E-state index contributed by atoms with van der Waals surface area (Å²) in [6.45, 7) is 4.29. The van der Waals surface area contributed by atoms with Crippen molar-refractivity contribution in [1.82, 2.24) is 4.72 Å². The van der Waals surface area contributed by atoms with Crippen LogP contribution in [0.4, 0.5) is 0 Å². The molecule has 5 heteroatoms. The van der Waals surface area contributed by atoms with Crippen molar-refractivity contribution >= 4 is 10.0 Å². The van der Waals surface area contributed by atoms with Gasteiger partial charge in [0.1, 0.15) is 0 Å². The highest BCUT2D eigenvalue weighted by Gasteiger charge is 2.39. The summed E-state index contributed by atoms with van der Waals surface area (Å²) in [4.78, 5) is 0.359. The molecule has 4 nitrogen and oxygen atoms in total. The molecule has 19 heavy (non-hydrogen) atoms. The van der Waals surface area contributed by atoms with E-state index in [0.717, 1.165) is 30.4 Å². The Hall–Kier alpha value is -0.910. The van der Waals surface area contributed by atoms with Crippen LogP contribution >= 0.6 is 0 Å². The van der Waals surface area contributed by atoms with Crippen molar-refractivity contribution in [3.05, 3.63) is 29.3 Å². The van der Waals surface area contributed by atoms with Crippen LogP contribution in [-0.4, -0.2) is 14.5 Å². The maximum absolute atomic E-state index is 12.4. The Morgan fingerprint density at radius 1 is 1.42 bits per heavy atom. The van der Waals surface area contributed by atoms with Crippen LogP contribution in [0.15, 0.2) is 23.1 Å². The molecule has 2 atom stereocenters. The summed E-state index contributed by atoms with van der Waals surface area (Å²) in [5.74, 6) is 0.512. The predicted octanol–water partition coefficient (Wildman–Crippen LogP) is 1.92. The minimum absolute atomic E-state index is 0.117. The van der Waals surface area contributed by atoms with Gasteiger partial charge in [0.25, 0.3) is 0 Å². The second-order valence-electron chi connectivity index (χ2n) is 5.26. The molecular weight excluding hydrogens is 260 g/mol. The Balaban J connectivity index is 2.17. The average Bonchev–Trinajstić information content (AvgIpc) is 3.07. The molecule has 0 saturated heterocycles. The lowest BCUT2D eigenvalue weighted by molar-refractivity contribution is 0.572. The van der Waals surface area contributed by atoms with E-state index in [1.165, 1.54) is 0 Å². The molecule has 2 unspecified atom stereocenters. The molecule has 2 rings (SSSR count). The number of benzene rings is 1. The molecule has 1 saturated carbocycles. The molecule has 0 amide bonds. The fraction of sp³-hybridized carbons (Fsp3) is 0.571. The van der Waals surface area contributed by atoms with E-state index in [0.29, 0.717) is 17.4 Å². The molecule has 0 spiro atoms. The maximum atomic E-state index is 12.4. The molecular formula is C14H22N2O2S. The van der Waals surface area contributed by atoms with Crippen molar-refractivity contribution in [3.63, 3.8) is 0 Å². The van der Waals surface area contributed by atoms with E-state index in [2.05, 4.69) is 11.6 Å². The molecule has 1 fully saturated rings. The Kier molecular flexibility index (Phi) is 4.28. The van der Waals surface area contributed by atoms with E-state index < -0.39 is 10.0 Å². The highest BCUT2D eigenvalue weighted by molar-refractivity contribution is 7.89. The number of rotatable bonds is 6. The second kappa shape index (κ2) is 5.61. The lowest BCUT2D eigenvalue weighted by Crippen LogP contribution is -2.28. The highest BCUT2D eigenvalue weighted by Crippen LogP contribution is 2.36. The minimum Gasteiger partial charge on any atom is -0.326 e. The van der Waals surface area contributed by atoms with Crippen LogP contribution in [0, 0.1) is 12.8 Å². The van der Waals surface area contributed by atoms with Crippen molar-refractivity contribution in [1.29, 1.82) is 0 Å². The molecule has 0 heterocycles. The van der Waals surface area contributed by atoms with Gasteiger partial charge < -0.3 is 5.73 Å². The molecule has 1 aromatic rings. The van der Waals surface area contributed by atoms with Gasteiger partial charge in [-0.3, -0.25) is 0 Å². The molecule has 1 aliphatic carbocycles. The zero-order chi connectivity index (χ0) is 14.0. The first kappa shape index (κ1) is 14.5. The first-order chi connectivity index (χ1) is 8.99. The summed E-state index contributed by atoms with van der Waals surface area (Å²) in [6.07, 6.45) is 3.16. The van der Waals surface area contributed by atoms with Crippen LogP contribution in [0.2, 0.25) is 0 Å². The molecule has 0 aliphatic heterocycles. The van der Waals surface area contributed by atoms with E-state index in [1.807, 2.05) is 13.0 Å². The van der Waals surface area contributed by atoms with Crippen LogP contribution in [0.25, 0.3) is 0 Å². The maximum Gasteiger partial charge on any atom is 0.241 e. The van der Waals surface area contributed by atoms with Gasteiger partial charge in [-0.1, -0.05) is 25.5 Å². The van der Waals surface area contributed by atoms with E-state index in [4.69, 9.17) is 5.73 Å². The van der Waals surface area contributed by atoms with Gasteiger partial charge >= 0.3 is 0 Å². The van der Waals surface area contributed by atoms with Crippen molar-refractivity contribution < 1.29 is 8.42 Å². The number of nitrogens with two attached hydrogens (primary N) is 1. The summed E-state index contributed by atoms with van der Waals surface area (Å²) >= 11 is 0. The summed E-state index contributed by atoms with van der Waals surface area (Å²) in [5.41, 5.74) is 7.26. The van der Waals surface area contributed by atoms with Crippen molar-refractivity contribution in [2.75, 3.05) is 0 Å². The van der Waals surface area contributed by atoms with E-state index >= 15 is 0 Å². The average molecular weight is 282 g/mol. The summed E-state index contributed by atoms with van der Waals surface area (Å²) in [7, 11) is -3.42. The molecule has 1 aliphatic rings. The Bertz CT molecular complexity index is 555. The van der Waals surface area contributed by atoms with E-state index in [-0.39, 0.29) is 6.04 Å². The number of hydrogen-bond acceptors (Lipinski definition) is 3. The quantitative estimate of drug-likeness (QED) is 0.837. The van der Waals surface area contributed by atoms with Crippen LogP contribution in [0.3, 0.4) is 0 Å². The predicted molar refractivity (Wildman–Crippen MR) is 76.2 cm³/mol. The third-order valence-corrected chi connectivity index (χ3v) is 5.43. The first-order valence-electron chi connectivity index (χ1n) is 6.80. The third kappa shape index (κ3) is 3.16. The van der Waals surface area contributed by atoms with Crippen molar-refractivity contribution in [2.45, 2.75) is 50.6 Å². The molecule has 0 bridgehead atoms. The van der Waals surface area contributed by atoms with Crippen LogP contribution < -0.4 is 10.5 Å². The largest absolute Gasteiger partial charge is 0.326 e. The van der Waals surface area contributed by atoms with Crippen LogP contribution in [-0.2, 0) is 16.6 Å². The SMILES string of the molecule is CCCC1CC1NS(=O)(=O)c1cccc(CN)c1C.